The van der Waals surface area contributed by atoms with E-state index < -0.39 is 6.09 Å². The van der Waals surface area contributed by atoms with Crippen molar-refractivity contribution in [1.82, 2.24) is 25.6 Å². The normalized spacial score (nSPS) is 20.1. The van der Waals surface area contributed by atoms with Gasteiger partial charge in [0.05, 0.1) is 29.9 Å². The van der Waals surface area contributed by atoms with Crippen molar-refractivity contribution in [3.05, 3.63) is 29.7 Å². The summed E-state index contributed by atoms with van der Waals surface area (Å²) in [7, 11) is 0. The predicted molar refractivity (Wildman–Crippen MR) is 142 cm³/mol. The zero-order valence-corrected chi connectivity index (χ0v) is 22.2. The molecule has 0 bridgehead atoms. The largest absolute Gasteiger partial charge is 0.492 e. The molecule has 3 N–H and O–H groups in total. The summed E-state index contributed by atoms with van der Waals surface area (Å²) >= 11 is 0. The molecule has 3 aliphatic rings. The highest BCUT2D eigenvalue weighted by Gasteiger charge is 2.30. The zero-order valence-electron chi connectivity index (χ0n) is 22.2. The Balaban J connectivity index is 1.24. The minimum atomic E-state index is -0.392. The van der Waals surface area contributed by atoms with Crippen LogP contribution in [0.3, 0.4) is 0 Å². The van der Waals surface area contributed by atoms with E-state index in [1.54, 1.807) is 6.92 Å². The van der Waals surface area contributed by atoms with Gasteiger partial charge in [-0.3, -0.25) is 4.79 Å². The Labute approximate surface area is 226 Å². The molecule has 11 nitrogen and oxygen atoms in total. The second kappa shape index (κ2) is 10.6. The van der Waals surface area contributed by atoms with Crippen LogP contribution in [0, 0.1) is 12.8 Å². The number of carbonyl (C=O) groups is 2. The Kier molecular flexibility index (Phi) is 6.88. The lowest BCUT2D eigenvalue weighted by Crippen LogP contribution is -2.44. The van der Waals surface area contributed by atoms with Crippen molar-refractivity contribution in [2.45, 2.75) is 64.5 Å². The number of aryl methyl sites for hydroxylation is 1. The molecule has 0 spiro atoms. The quantitative estimate of drug-likeness (QED) is 0.390. The Morgan fingerprint density at radius 1 is 1.05 bits per heavy atom. The third-order valence-electron chi connectivity index (χ3n) is 7.57. The van der Waals surface area contributed by atoms with Crippen LogP contribution in [-0.2, 0) is 4.74 Å². The van der Waals surface area contributed by atoms with Crippen molar-refractivity contribution in [2.75, 3.05) is 20.0 Å². The van der Waals surface area contributed by atoms with Crippen molar-refractivity contribution in [1.29, 1.82) is 0 Å². The molecule has 2 aliphatic carbocycles. The monoisotopic (exact) mass is 535 g/mol. The molecule has 3 aromatic rings. The fourth-order valence-corrected chi connectivity index (χ4v) is 5.36. The average molecular weight is 536 g/mol. The lowest BCUT2D eigenvalue weighted by molar-refractivity contribution is 0.0922. The molecule has 0 saturated heterocycles. The summed E-state index contributed by atoms with van der Waals surface area (Å²) in [6, 6.07) is 3.80. The Bertz CT molecular complexity index is 1390. The number of nitrogens with one attached hydrogen (secondary N) is 3. The van der Waals surface area contributed by atoms with Crippen LogP contribution in [0.5, 0.6) is 17.2 Å². The van der Waals surface area contributed by atoms with E-state index in [2.05, 4.69) is 25.6 Å². The second-order valence-electron chi connectivity index (χ2n) is 10.4. The van der Waals surface area contributed by atoms with Gasteiger partial charge in [0.2, 0.25) is 6.79 Å². The third-order valence-corrected chi connectivity index (χ3v) is 7.57. The number of H-pyrrole nitrogens is 1. The summed E-state index contributed by atoms with van der Waals surface area (Å²) in [6.07, 6.45) is 6.50. The first kappa shape index (κ1) is 25.3. The van der Waals surface area contributed by atoms with Crippen molar-refractivity contribution >= 4 is 23.0 Å². The van der Waals surface area contributed by atoms with Crippen LogP contribution < -0.4 is 24.8 Å². The van der Waals surface area contributed by atoms with Gasteiger partial charge < -0.3 is 34.6 Å². The van der Waals surface area contributed by atoms with Gasteiger partial charge >= 0.3 is 6.09 Å². The fourth-order valence-electron chi connectivity index (χ4n) is 5.36. The number of rotatable bonds is 8. The molecular weight excluding hydrogens is 502 g/mol. The maximum atomic E-state index is 13.5. The second-order valence-corrected chi connectivity index (χ2v) is 10.4. The van der Waals surface area contributed by atoms with Gasteiger partial charge in [-0.2, -0.15) is 0 Å². The molecule has 0 unspecified atom stereocenters. The molecule has 206 valence electrons. The van der Waals surface area contributed by atoms with E-state index in [1.807, 2.05) is 19.1 Å². The first-order chi connectivity index (χ1) is 19.0. The summed E-state index contributed by atoms with van der Waals surface area (Å²) in [5, 5.41) is 6.06. The zero-order chi connectivity index (χ0) is 26.9. The van der Waals surface area contributed by atoms with E-state index in [9.17, 15) is 9.59 Å². The van der Waals surface area contributed by atoms with Crippen LogP contribution in [0.4, 0.5) is 4.79 Å². The number of carbonyl (C=O) groups excluding carboxylic acids is 2. The number of aromatic nitrogens is 3. The Hall–Kier alpha value is -4.02. The number of hydrogen-bond donors (Lipinski definition) is 3. The highest BCUT2D eigenvalue weighted by atomic mass is 16.7. The van der Waals surface area contributed by atoms with Gasteiger partial charge in [-0.15, -0.1) is 0 Å². The smallest absolute Gasteiger partial charge is 0.407 e. The average Bonchev–Trinajstić information content (AvgIpc) is 3.51. The number of hydrogen-bond acceptors (Lipinski definition) is 8. The number of aromatic amines is 1. The predicted octanol–water partition coefficient (Wildman–Crippen LogP) is 4.24. The molecule has 39 heavy (non-hydrogen) atoms. The number of alkyl carbamates (subject to hydrolysis) is 1. The minimum Gasteiger partial charge on any atom is -0.492 e. The molecule has 2 fully saturated rings. The van der Waals surface area contributed by atoms with E-state index in [0.717, 1.165) is 25.7 Å². The maximum Gasteiger partial charge on any atom is 0.407 e. The van der Waals surface area contributed by atoms with Crippen LogP contribution in [0.1, 0.15) is 61.5 Å². The summed E-state index contributed by atoms with van der Waals surface area (Å²) in [5.41, 5.74) is 3.66. The van der Waals surface area contributed by atoms with Gasteiger partial charge in [-0.1, -0.05) is 0 Å². The van der Waals surface area contributed by atoms with Crippen molar-refractivity contribution < 1.29 is 28.5 Å². The molecule has 2 amide bonds. The summed E-state index contributed by atoms with van der Waals surface area (Å²) < 4.78 is 22.6. The first-order valence-electron chi connectivity index (χ1n) is 13.6. The van der Waals surface area contributed by atoms with Crippen molar-refractivity contribution in [3.63, 3.8) is 0 Å². The summed E-state index contributed by atoms with van der Waals surface area (Å²) in [4.78, 5) is 37.7. The van der Waals surface area contributed by atoms with Gasteiger partial charge in [0.15, 0.2) is 11.5 Å². The van der Waals surface area contributed by atoms with E-state index >= 15 is 0 Å². The SMILES string of the molecule is CCOC(=O)NC1CCC(NC(=O)c2c(C)[nH]c3c(-c4c(OCC5CC5)ccc5c4OCO5)ncnc23)CC1. The van der Waals surface area contributed by atoms with E-state index in [0.29, 0.717) is 69.9 Å². The topological polar surface area (TPSA) is 137 Å². The molecular formula is C28H33N5O6. The molecule has 1 aromatic carbocycles. The summed E-state index contributed by atoms with van der Waals surface area (Å²) in [6.45, 7) is 4.74. The Morgan fingerprint density at radius 3 is 2.56 bits per heavy atom. The van der Waals surface area contributed by atoms with Gasteiger partial charge in [-0.05, 0) is 70.4 Å². The van der Waals surface area contributed by atoms with Gasteiger partial charge in [0.25, 0.3) is 5.91 Å². The van der Waals surface area contributed by atoms with Gasteiger partial charge in [0.1, 0.15) is 23.3 Å². The van der Waals surface area contributed by atoms with Crippen LogP contribution in [0.15, 0.2) is 18.5 Å². The molecule has 0 radical (unpaired) electrons. The lowest BCUT2D eigenvalue weighted by atomic mass is 9.91. The summed E-state index contributed by atoms with van der Waals surface area (Å²) in [5.74, 6) is 2.26. The van der Waals surface area contributed by atoms with Crippen molar-refractivity contribution in [2.24, 2.45) is 5.92 Å². The molecule has 2 saturated carbocycles. The van der Waals surface area contributed by atoms with Crippen LogP contribution in [-0.4, -0.2) is 59.0 Å². The number of ether oxygens (including phenoxy) is 4. The highest BCUT2D eigenvalue weighted by molar-refractivity contribution is 6.09. The van der Waals surface area contributed by atoms with Crippen molar-refractivity contribution in [3.8, 4) is 28.5 Å². The fraction of sp³-hybridized carbons (Fsp3) is 0.500. The molecule has 11 heteroatoms. The van der Waals surface area contributed by atoms with E-state index in [1.165, 1.54) is 19.2 Å². The van der Waals surface area contributed by atoms with E-state index in [4.69, 9.17) is 18.9 Å². The number of nitrogens with zero attached hydrogens (tertiary/aromatic N) is 2. The molecule has 3 heterocycles. The maximum absolute atomic E-state index is 13.5. The third kappa shape index (κ3) is 5.17. The minimum absolute atomic E-state index is 0.00812. The molecule has 1 aliphatic heterocycles. The number of benzene rings is 1. The van der Waals surface area contributed by atoms with Crippen LogP contribution in [0.2, 0.25) is 0 Å². The molecule has 2 aromatic heterocycles. The van der Waals surface area contributed by atoms with E-state index in [-0.39, 0.29) is 24.8 Å². The molecule has 0 atom stereocenters. The van der Waals surface area contributed by atoms with Gasteiger partial charge in [-0.25, -0.2) is 14.8 Å². The number of fused-ring (bicyclic) bond motifs is 2. The van der Waals surface area contributed by atoms with Gasteiger partial charge in [0, 0.05) is 17.8 Å². The number of amides is 2. The van der Waals surface area contributed by atoms with Crippen LogP contribution in [0.25, 0.3) is 22.3 Å². The van der Waals surface area contributed by atoms with Crippen LogP contribution >= 0.6 is 0 Å². The lowest BCUT2D eigenvalue weighted by Gasteiger charge is -2.29. The first-order valence-corrected chi connectivity index (χ1v) is 13.6. The Morgan fingerprint density at radius 2 is 1.82 bits per heavy atom. The standard InChI is InChI=1S/C28H33N5O6/c1-3-36-28(35)33-18-8-6-17(7-9-18)32-27(34)21-15(2)31-25-23(21)29-13-30-24(25)22-19(37-12-16-4-5-16)10-11-20-26(22)39-14-38-20/h10-11,13,16-18,31H,3-9,12,14H2,1-2H3,(H,32,34)(H,33,35). The molecule has 6 rings (SSSR count). The highest BCUT2D eigenvalue weighted by Crippen LogP contribution is 2.48.